The number of carbonyl (C=O) groups excluding carboxylic acids is 1. The van der Waals surface area contributed by atoms with Crippen LogP contribution < -0.4 is 5.32 Å². The van der Waals surface area contributed by atoms with E-state index in [-0.39, 0.29) is 29.7 Å². The molecule has 1 N–H and O–H groups in total. The molecule has 1 atom stereocenters. The zero-order valence-corrected chi connectivity index (χ0v) is 21.1. The highest BCUT2D eigenvalue weighted by Crippen LogP contribution is 2.36. The fraction of sp³-hybridized carbons (Fsp3) is 0.296. The summed E-state index contributed by atoms with van der Waals surface area (Å²) in [5.41, 5.74) is 0.629. The van der Waals surface area contributed by atoms with Gasteiger partial charge in [0.25, 0.3) is 0 Å². The Hall–Kier alpha value is -3.73. The van der Waals surface area contributed by atoms with Gasteiger partial charge in [0.1, 0.15) is 23.9 Å². The quantitative estimate of drug-likeness (QED) is 0.261. The van der Waals surface area contributed by atoms with Crippen LogP contribution in [0.1, 0.15) is 47.1 Å². The molecule has 6 nitrogen and oxygen atoms in total. The maximum atomic E-state index is 13.9. The van der Waals surface area contributed by atoms with Gasteiger partial charge in [0.2, 0.25) is 5.91 Å². The van der Waals surface area contributed by atoms with Crippen LogP contribution in [0.2, 0.25) is 5.02 Å². The number of hydrogen-bond donors (Lipinski definition) is 1. The number of aromatic nitrogens is 3. The van der Waals surface area contributed by atoms with Crippen LogP contribution in [0.15, 0.2) is 53.3 Å². The number of amides is 1. The van der Waals surface area contributed by atoms with Crippen molar-refractivity contribution in [2.24, 2.45) is 0 Å². The Morgan fingerprint density at radius 2 is 1.77 bits per heavy atom. The topological polar surface area (TPSA) is 73.0 Å². The average Bonchev–Trinajstić information content (AvgIpc) is 3.49. The highest BCUT2D eigenvalue weighted by molar-refractivity contribution is 6.30. The summed E-state index contributed by atoms with van der Waals surface area (Å²) in [6.07, 6.45) is -1.62. The molecule has 2 aromatic heterocycles. The normalized spacial score (nSPS) is 14.2. The molecule has 2 aromatic carbocycles. The summed E-state index contributed by atoms with van der Waals surface area (Å²) in [5, 5.41) is 6.98. The third kappa shape index (κ3) is 5.98. The van der Waals surface area contributed by atoms with E-state index in [4.69, 9.17) is 16.0 Å². The fourth-order valence-corrected chi connectivity index (χ4v) is 5.03. The number of benzene rings is 2. The van der Waals surface area contributed by atoms with Gasteiger partial charge in [0.05, 0.1) is 6.04 Å². The molecular formula is C27H22ClF5N4O2. The smallest absolute Gasteiger partial charge is 0.435 e. The van der Waals surface area contributed by atoms with Crippen molar-refractivity contribution in [1.29, 1.82) is 0 Å². The Morgan fingerprint density at radius 3 is 2.46 bits per heavy atom. The van der Waals surface area contributed by atoms with E-state index in [1.807, 2.05) is 0 Å². The average molecular weight is 565 g/mol. The highest BCUT2D eigenvalue weighted by Gasteiger charge is 2.39. The van der Waals surface area contributed by atoms with Gasteiger partial charge in [-0.15, -0.1) is 0 Å². The lowest BCUT2D eigenvalue weighted by Gasteiger charge is -2.19. The van der Waals surface area contributed by atoms with Crippen molar-refractivity contribution in [3.8, 4) is 11.3 Å². The number of rotatable bonds is 7. The highest BCUT2D eigenvalue weighted by atomic mass is 35.5. The first kappa shape index (κ1) is 26.9. The summed E-state index contributed by atoms with van der Waals surface area (Å²) in [4.78, 5) is 17.5. The van der Waals surface area contributed by atoms with E-state index in [0.29, 0.717) is 41.3 Å². The van der Waals surface area contributed by atoms with Gasteiger partial charge in [-0.2, -0.15) is 18.3 Å². The number of carbonyl (C=O) groups is 1. The van der Waals surface area contributed by atoms with Crippen molar-refractivity contribution in [2.45, 2.75) is 50.9 Å². The predicted octanol–water partition coefficient (Wildman–Crippen LogP) is 6.47. The second-order valence-electron chi connectivity index (χ2n) is 9.31. The first-order valence-corrected chi connectivity index (χ1v) is 12.6. The van der Waals surface area contributed by atoms with Crippen molar-refractivity contribution in [2.75, 3.05) is 0 Å². The Bertz CT molecular complexity index is 1480. The van der Waals surface area contributed by atoms with E-state index < -0.39 is 42.0 Å². The summed E-state index contributed by atoms with van der Waals surface area (Å²) in [6.45, 7) is -0.472. The molecule has 1 amide bonds. The molecule has 12 heteroatoms. The molecule has 0 bridgehead atoms. The third-order valence-corrected chi connectivity index (χ3v) is 6.80. The number of alkyl halides is 3. The zero-order valence-electron chi connectivity index (χ0n) is 20.4. The molecule has 4 aromatic rings. The molecule has 0 saturated carbocycles. The van der Waals surface area contributed by atoms with E-state index in [1.165, 1.54) is 6.39 Å². The van der Waals surface area contributed by atoms with Gasteiger partial charge in [-0.05, 0) is 74.1 Å². The molecule has 0 radical (unpaired) electrons. The molecule has 2 heterocycles. The summed E-state index contributed by atoms with van der Waals surface area (Å²) >= 11 is 5.99. The monoisotopic (exact) mass is 564 g/mol. The van der Waals surface area contributed by atoms with E-state index in [2.05, 4.69) is 15.4 Å². The lowest BCUT2D eigenvalue weighted by molar-refractivity contribution is -0.142. The number of nitrogens with zero attached hydrogens (tertiary/aromatic N) is 3. The first-order valence-electron chi connectivity index (χ1n) is 12.2. The van der Waals surface area contributed by atoms with Gasteiger partial charge in [0.15, 0.2) is 17.8 Å². The van der Waals surface area contributed by atoms with Gasteiger partial charge in [-0.3, -0.25) is 9.48 Å². The second-order valence-corrected chi connectivity index (χ2v) is 9.75. The van der Waals surface area contributed by atoms with Crippen LogP contribution in [-0.4, -0.2) is 20.7 Å². The van der Waals surface area contributed by atoms with Crippen LogP contribution in [-0.2, 0) is 36.8 Å². The molecular weight excluding hydrogens is 543 g/mol. The van der Waals surface area contributed by atoms with Crippen LogP contribution in [0, 0.1) is 11.6 Å². The minimum absolute atomic E-state index is 0.0709. The van der Waals surface area contributed by atoms with Gasteiger partial charge in [-0.1, -0.05) is 11.6 Å². The maximum absolute atomic E-state index is 13.9. The predicted molar refractivity (Wildman–Crippen MR) is 132 cm³/mol. The minimum Gasteiger partial charge on any atom is -0.443 e. The third-order valence-electron chi connectivity index (χ3n) is 6.55. The van der Waals surface area contributed by atoms with Crippen LogP contribution >= 0.6 is 11.6 Å². The maximum Gasteiger partial charge on any atom is 0.435 e. The Labute approximate surface area is 224 Å². The fourth-order valence-electron chi connectivity index (χ4n) is 4.91. The molecule has 1 aliphatic rings. The SMILES string of the molecule is O=C(Cn1nc(C(F)(F)F)c2c1CCCC2)NC(Cc1cc(F)cc(F)c1)c1ncoc1-c1ccc(Cl)cc1. The standard InChI is InChI=1S/C27H22ClF5N4O2/c28-17-7-5-16(6-8-17)25-24(34-14-39-25)21(11-15-9-18(29)12-19(30)10-15)35-23(38)13-37-22-4-2-1-3-20(22)26(36-37)27(31,32)33/h5-10,12,14,21H,1-4,11,13H2,(H,35,38). The molecule has 39 heavy (non-hydrogen) atoms. The first-order chi connectivity index (χ1) is 18.6. The molecule has 0 saturated heterocycles. The van der Waals surface area contributed by atoms with E-state index in [1.54, 1.807) is 24.3 Å². The van der Waals surface area contributed by atoms with Crippen molar-refractivity contribution >= 4 is 17.5 Å². The van der Waals surface area contributed by atoms with Crippen LogP contribution in [0.25, 0.3) is 11.3 Å². The summed E-state index contributed by atoms with van der Waals surface area (Å²) in [5.74, 6) is -1.94. The lowest BCUT2D eigenvalue weighted by Crippen LogP contribution is -2.34. The van der Waals surface area contributed by atoms with E-state index >= 15 is 0 Å². The van der Waals surface area contributed by atoms with E-state index in [9.17, 15) is 26.7 Å². The Morgan fingerprint density at radius 1 is 1.08 bits per heavy atom. The molecule has 5 rings (SSSR count). The number of oxazole rings is 1. The van der Waals surface area contributed by atoms with Crippen molar-refractivity contribution in [3.05, 3.63) is 93.7 Å². The minimum atomic E-state index is -4.64. The number of halogens is 6. The number of nitrogens with one attached hydrogen (secondary N) is 1. The summed E-state index contributed by atoms with van der Waals surface area (Å²) in [7, 11) is 0. The molecule has 1 unspecified atom stereocenters. The van der Waals surface area contributed by atoms with Crippen molar-refractivity contribution in [3.63, 3.8) is 0 Å². The van der Waals surface area contributed by atoms with E-state index in [0.717, 1.165) is 22.9 Å². The van der Waals surface area contributed by atoms with Crippen LogP contribution in [0.4, 0.5) is 22.0 Å². The van der Waals surface area contributed by atoms with Gasteiger partial charge in [-0.25, -0.2) is 13.8 Å². The molecule has 0 spiro atoms. The Balaban J connectivity index is 1.46. The molecule has 204 valence electrons. The number of hydrogen-bond acceptors (Lipinski definition) is 4. The van der Waals surface area contributed by atoms with Crippen molar-refractivity contribution < 1.29 is 31.2 Å². The summed E-state index contributed by atoms with van der Waals surface area (Å²) in [6, 6.07) is 8.69. The Kier molecular flexibility index (Phi) is 7.44. The molecule has 0 fully saturated rings. The van der Waals surface area contributed by atoms with Gasteiger partial charge >= 0.3 is 6.18 Å². The largest absolute Gasteiger partial charge is 0.443 e. The van der Waals surface area contributed by atoms with Crippen molar-refractivity contribution in [1.82, 2.24) is 20.1 Å². The summed E-state index contributed by atoms with van der Waals surface area (Å²) < 4.78 is 75.3. The van der Waals surface area contributed by atoms with Crippen LogP contribution in [0.3, 0.4) is 0 Å². The lowest BCUT2D eigenvalue weighted by atomic mass is 9.95. The molecule has 1 aliphatic carbocycles. The zero-order chi connectivity index (χ0) is 27.7. The van der Waals surface area contributed by atoms with Crippen LogP contribution in [0.5, 0.6) is 0 Å². The number of fused-ring (bicyclic) bond motifs is 1. The van der Waals surface area contributed by atoms with Gasteiger partial charge in [0, 0.05) is 27.9 Å². The second kappa shape index (κ2) is 10.8. The molecule has 0 aliphatic heterocycles. The van der Waals surface area contributed by atoms with Gasteiger partial charge < -0.3 is 9.73 Å².